The molecule has 76 valence electrons. The minimum absolute atomic E-state index is 0.121. The molecule has 3 N–H and O–H groups in total. The molecule has 1 unspecified atom stereocenters. The fraction of sp³-hybridized carbons (Fsp3) is 0.900. The van der Waals surface area contributed by atoms with E-state index in [2.05, 4.69) is 0 Å². The molecule has 0 aromatic rings. The standard InChI is InChI=1S/C10H19NO2/c1-8(9(12)13)10(7-11)5-3-2-4-6-10/h8H,2-7,11H2,1H3,(H,12,13). The van der Waals surface area contributed by atoms with Crippen molar-refractivity contribution >= 4 is 5.97 Å². The molecule has 13 heavy (non-hydrogen) atoms. The van der Waals surface area contributed by atoms with Crippen molar-refractivity contribution in [2.45, 2.75) is 39.0 Å². The van der Waals surface area contributed by atoms with Crippen molar-refractivity contribution in [3.8, 4) is 0 Å². The van der Waals surface area contributed by atoms with E-state index in [4.69, 9.17) is 10.8 Å². The van der Waals surface area contributed by atoms with Gasteiger partial charge >= 0.3 is 5.97 Å². The van der Waals surface area contributed by atoms with Gasteiger partial charge in [-0.3, -0.25) is 4.79 Å². The van der Waals surface area contributed by atoms with Gasteiger partial charge in [0.1, 0.15) is 0 Å². The summed E-state index contributed by atoms with van der Waals surface area (Å²) in [6.07, 6.45) is 5.46. The first-order valence-electron chi connectivity index (χ1n) is 5.05. The van der Waals surface area contributed by atoms with E-state index >= 15 is 0 Å². The van der Waals surface area contributed by atoms with Gasteiger partial charge in [0.05, 0.1) is 5.92 Å². The highest BCUT2D eigenvalue weighted by Gasteiger charge is 2.39. The molecule has 1 aliphatic carbocycles. The summed E-state index contributed by atoms with van der Waals surface area (Å²) >= 11 is 0. The van der Waals surface area contributed by atoms with Crippen LogP contribution in [0.4, 0.5) is 0 Å². The molecule has 3 heteroatoms. The van der Waals surface area contributed by atoms with Crippen LogP contribution in [-0.4, -0.2) is 17.6 Å². The van der Waals surface area contributed by atoms with Crippen LogP contribution in [0.5, 0.6) is 0 Å². The van der Waals surface area contributed by atoms with Crippen LogP contribution in [0.1, 0.15) is 39.0 Å². The molecule has 0 spiro atoms. The zero-order valence-electron chi connectivity index (χ0n) is 8.25. The van der Waals surface area contributed by atoms with Crippen molar-refractivity contribution in [3.63, 3.8) is 0 Å². The quantitative estimate of drug-likeness (QED) is 0.702. The van der Waals surface area contributed by atoms with Crippen molar-refractivity contribution in [1.29, 1.82) is 0 Å². The zero-order valence-corrected chi connectivity index (χ0v) is 8.25. The monoisotopic (exact) mass is 185 g/mol. The van der Waals surface area contributed by atoms with E-state index in [0.29, 0.717) is 6.54 Å². The fourth-order valence-corrected chi connectivity index (χ4v) is 2.33. The molecule has 1 atom stereocenters. The summed E-state index contributed by atoms with van der Waals surface area (Å²) in [7, 11) is 0. The van der Waals surface area contributed by atoms with Gasteiger partial charge in [-0.05, 0) is 24.8 Å². The Morgan fingerprint density at radius 1 is 1.46 bits per heavy atom. The van der Waals surface area contributed by atoms with E-state index in [1.807, 2.05) is 0 Å². The van der Waals surface area contributed by atoms with Gasteiger partial charge in [0.2, 0.25) is 0 Å². The van der Waals surface area contributed by atoms with Gasteiger partial charge in [-0.2, -0.15) is 0 Å². The van der Waals surface area contributed by atoms with Crippen LogP contribution in [-0.2, 0) is 4.79 Å². The Morgan fingerprint density at radius 2 is 2.00 bits per heavy atom. The highest BCUT2D eigenvalue weighted by Crippen LogP contribution is 2.41. The van der Waals surface area contributed by atoms with Crippen LogP contribution < -0.4 is 5.73 Å². The summed E-state index contributed by atoms with van der Waals surface area (Å²) in [5.74, 6) is -0.995. The molecule has 0 saturated heterocycles. The molecule has 0 aromatic heterocycles. The average molecular weight is 185 g/mol. The number of hydrogen-bond acceptors (Lipinski definition) is 2. The maximum absolute atomic E-state index is 10.9. The Hall–Kier alpha value is -0.570. The van der Waals surface area contributed by atoms with Gasteiger partial charge in [0.25, 0.3) is 0 Å². The summed E-state index contributed by atoms with van der Waals surface area (Å²) in [5, 5.41) is 8.98. The second-order valence-electron chi connectivity index (χ2n) is 4.19. The van der Waals surface area contributed by atoms with E-state index < -0.39 is 5.97 Å². The number of carboxylic acid groups (broad SMARTS) is 1. The van der Waals surface area contributed by atoms with Crippen LogP contribution in [0, 0.1) is 11.3 Å². The molecule has 1 fully saturated rings. The summed E-state index contributed by atoms with van der Waals surface area (Å²) in [6, 6.07) is 0. The van der Waals surface area contributed by atoms with E-state index in [9.17, 15) is 4.79 Å². The minimum Gasteiger partial charge on any atom is -0.481 e. The van der Waals surface area contributed by atoms with Crippen molar-refractivity contribution < 1.29 is 9.90 Å². The van der Waals surface area contributed by atoms with Crippen LogP contribution in [0.2, 0.25) is 0 Å². The van der Waals surface area contributed by atoms with Crippen molar-refractivity contribution in [1.82, 2.24) is 0 Å². The van der Waals surface area contributed by atoms with Crippen LogP contribution in [0.15, 0.2) is 0 Å². The van der Waals surface area contributed by atoms with Crippen LogP contribution in [0.25, 0.3) is 0 Å². The van der Waals surface area contributed by atoms with Gasteiger partial charge in [0.15, 0.2) is 0 Å². The number of carbonyl (C=O) groups is 1. The molecule has 3 nitrogen and oxygen atoms in total. The van der Waals surface area contributed by atoms with Gasteiger partial charge in [-0.25, -0.2) is 0 Å². The SMILES string of the molecule is CC(C(=O)O)C1(CN)CCCCC1. The molecule has 0 heterocycles. The van der Waals surface area contributed by atoms with E-state index in [1.54, 1.807) is 6.92 Å². The second kappa shape index (κ2) is 4.09. The summed E-state index contributed by atoms with van der Waals surface area (Å²) < 4.78 is 0. The number of hydrogen-bond donors (Lipinski definition) is 2. The van der Waals surface area contributed by atoms with E-state index in [-0.39, 0.29) is 11.3 Å². The molecule has 0 amide bonds. The summed E-state index contributed by atoms with van der Waals surface area (Å²) in [6.45, 7) is 2.31. The third kappa shape index (κ3) is 2.02. The average Bonchev–Trinajstić information content (AvgIpc) is 2.17. The highest BCUT2D eigenvalue weighted by atomic mass is 16.4. The second-order valence-corrected chi connectivity index (χ2v) is 4.19. The first-order valence-corrected chi connectivity index (χ1v) is 5.05. The Labute approximate surface area is 79.3 Å². The molecule has 0 aliphatic heterocycles. The fourth-order valence-electron chi connectivity index (χ4n) is 2.33. The highest BCUT2D eigenvalue weighted by molar-refractivity contribution is 5.70. The molecule has 0 radical (unpaired) electrons. The van der Waals surface area contributed by atoms with Gasteiger partial charge in [-0.1, -0.05) is 26.2 Å². The molecular weight excluding hydrogens is 166 g/mol. The largest absolute Gasteiger partial charge is 0.481 e. The van der Waals surface area contributed by atoms with Gasteiger partial charge in [-0.15, -0.1) is 0 Å². The lowest BCUT2D eigenvalue weighted by Crippen LogP contribution is -2.42. The Bertz CT molecular complexity index is 185. The molecule has 1 aliphatic rings. The van der Waals surface area contributed by atoms with E-state index in [0.717, 1.165) is 25.7 Å². The predicted octanol–water partition coefficient (Wildman–Crippen LogP) is 1.62. The normalized spacial score (nSPS) is 23.8. The molecule has 0 bridgehead atoms. The lowest BCUT2D eigenvalue weighted by atomic mass is 9.66. The van der Waals surface area contributed by atoms with Gasteiger partial charge in [0, 0.05) is 0 Å². The van der Waals surface area contributed by atoms with Crippen molar-refractivity contribution in [2.75, 3.05) is 6.54 Å². The smallest absolute Gasteiger partial charge is 0.306 e. The maximum atomic E-state index is 10.9. The van der Waals surface area contributed by atoms with E-state index in [1.165, 1.54) is 6.42 Å². The van der Waals surface area contributed by atoms with Crippen LogP contribution >= 0.6 is 0 Å². The lowest BCUT2D eigenvalue weighted by molar-refractivity contribution is -0.146. The predicted molar refractivity (Wildman–Crippen MR) is 51.4 cm³/mol. The molecular formula is C10H19NO2. The minimum atomic E-state index is -0.702. The number of carboxylic acids is 1. The van der Waals surface area contributed by atoms with Gasteiger partial charge < -0.3 is 10.8 Å². The number of rotatable bonds is 3. The first-order chi connectivity index (χ1) is 6.12. The number of nitrogens with two attached hydrogens (primary N) is 1. The third-order valence-electron chi connectivity index (χ3n) is 3.54. The van der Waals surface area contributed by atoms with Crippen molar-refractivity contribution in [3.05, 3.63) is 0 Å². The molecule has 0 aromatic carbocycles. The zero-order chi connectivity index (χ0) is 9.90. The lowest BCUT2D eigenvalue weighted by Gasteiger charge is -2.39. The topological polar surface area (TPSA) is 63.3 Å². The molecule has 1 rings (SSSR count). The Morgan fingerprint density at radius 3 is 2.38 bits per heavy atom. The van der Waals surface area contributed by atoms with Crippen molar-refractivity contribution in [2.24, 2.45) is 17.1 Å². The molecule has 1 saturated carbocycles. The van der Waals surface area contributed by atoms with Crippen LogP contribution in [0.3, 0.4) is 0 Å². The Balaban J connectivity index is 2.72. The Kier molecular flexibility index (Phi) is 3.31. The summed E-state index contributed by atoms with van der Waals surface area (Å²) in [4.78, 5) is 10.9. The maximum Gasteiger partial charge on any atom is 0.306 e. The third-order valence-corrected chi connectivity index (χ3v) is 3.54. The number of aliphatic carboxylic acids is 1. The summed E-state index contributed by atoms with van der Waals surface area (Å²) in [5.41, 5.74) is 5.59. The first kappa shape index (κ1) is 10.5.